The van der Waals surface area contributed by atoms with Gasteiger partial charge in [0.2, 0.25) is 5.88 Å². The van der Waals surface area contributed by atoms with Gasteiger partial charge in [-0.3, -0.25) is 14.8 Å². The number of methoxy groups -OCH3 is 1. The molecule has 0 aliphatic carbocycles. The van der Waals surface area contributed by atoms with Crippen molar-refractivity contribution in [2.24, 2.45) is 0 Å². The summed E-state index contributed by atoms with van der Waals surface area (Å²) in [5.74, 6) is 0.601. The highest BCUT2D eigenvalue weighted by molar-refractivity contribution is 5.66. The fourth-order valence-corrected chi connectivity index (χ4v) is 4.11. The van der Waals surface area contributed by atoms with Crippen LogP contribution in [0.5, 0.6) is 5.88 Å². The van der Waals surface area contributed by atoms with Gasteiger partial charge in [-0.2, -0.15) is 0 Å². The van der Waals surface area contributed by atoms with Crippen molar-refractivity contribution in [3.63, 3.8) is 0 Å². The molecule has 5 rings (SSSR count). The van der Waals surface area contributed by atoms with Gasteiger partial charge in [-0.1, -0.05) is 17.3 Å². The lowest BCUT2D eigenvalue weighted by Crippen LogP contribution is -2.46. The number of rotatable bonds is 5. The Balaban J connectivity index is 1.39. The highest BCUT2D eigenvalue weighted by Gasteiger charge is 2.29. The smallest absolute Gasteiger partial charge is 0.212 e. The topological polar surface area (TPSA) is 71.7 Å². The molecule has 1 fully saturated rings. The predicted molar refractivity (Wildman–Crippen MR) is 118 cm³/mol. The molecular weight excluding hydrogens is 390 g/mol. The molecule has 1 saturated heterocycles. The SMILES string of the molecule is COc1ccc(-c2ccc3c([C@@H]4CN(Cc5cccnc5)CCN4C)nnn3c2)cn1. The van der Waals surface area contributed by atoms with Crippen LogP contribution in [0.3, 0.4) is 0 Å². The molecule has 0 aromatic carbocycles. The predicted octanol–water partition coefficient (Wildman–Crippen LogP) is 2.68. The molecule has 4 aromatic rings. The minimum absolute atomic E-state index is 0.191. The lowest BCUT2D eigenvalue weighted by atomic mass is 10.1. The Morgan fingerprint density at radius 1 is 1.06 bits per heavy atom. The largest absolute Gasteiger partial charge is 0.481 e. The van der Waals surface area contributed by atoms with Crippen molar-refractivity contribution in [1.29, 1.82) is 0 Å². The van der Waals surface area contributed by atoms with E-state index >= 15 is 0 Å². The third-order valence-electron chi connectivity index (χ3n) is 5.90. The van der Waals surface area contributed by atoms with Crippen LogP contribution in [0.2, 0.25) is 0 Å². The van der Waals surface area contributed by atoms with E-state index in [1.165, 1.54) is 5.56 Å². The molecule has 0 saturated carbocycles. The van der Waals surface area contributed by atoms with Crippen LogP contribution in [0.4, 0.5) is 0 Å². The molecule has 0 bridgehead atoms. The lowest BCUT2D eigenvalue weighted by Gasteiger charge is -2.38. The third kappa shape index (κ3) is 3.99. The molecule has 0 unspecified atom stereocenters. The molecular formula is C23H25N7O. The summed E-state index contributed by atoms with van der Waals surface area (Å²) in [4.78, 5) is 13.4. The zero-order valence-corrected chi connectivity index (χ0v) is 17.7. The summed E-state index contributed by atoms with van der Waals surface area (Å²) < 4.78 is 7.02. The second-order valence-corrected chi connectivity index (χ2v) is 7.90. The second-order valence-electron chi connectivity index (χ2n) is 7.90. The van der Waals surface area contributed by atoms with Crippen LogP contribution >= 0.6 is 0 Å². The van der Waals surface area contributed by atoms with Crippen LogP contribution in [0.15, 0.2) is 61.2 Å². The summed E-state index contributed by atoms with van der Waals surface area (Å²) in [5, 5.41) is 8.99. The van der Waals surface area contributed by atoms with Crippen molar-refractivity contribution in [3.8, 4) is 17.0 Å². The molecule has 0 N–H and O–H groups in total. The number of hydrogen-bond donors (Lipinski definition) is 0. The first kappa shape index (κ1) is 19.6. The first-order valence-electron chi connectivity index (χ1n) is 10.4. The fraction of sp³-hybridized carbons (Fsp3) is 0.304. The maximum absolute atomic E-state index is 5.15. The Hall–Kier alpha value is -3.36. The minimum Gasteiger partial charge on any atom is -0.481 e. The normalized spacial score (nSPS) is 17.8. The Bertz CT molecular complexity index is 1160. The third-order valence-corrected chi connectivity index (χ3v) is 5.90. The number of pyridine rings is 3. The van der Waals surface area contributed by atoms with E-state index in [1.807, 2.05) is 47.5 Å². The van der Waals surface area contributed by atoms with Gasteiger partial charge in [-0.25, -0.2) is 9.50 Å². The molecule has 31 heavy (non-hydrogen) atoms. The molecule has 0 amide bonds. The molecule has 158 valence electrons. The van der Waals surface area contributed by atoms with Crippen LogP contribution < -0.4 is 4.74 Å². The number of nitrogens with zero attached hydrogens (tertiary/aromatic N) is 7. The average Bonchev–Trinajstić information content (AvgIpc) is 3.24. The average molecular weight is 416 g/mol. The lowest BCUT2D eigenvalue weighted by molar-refractivity contribution is 0.0889. The Labute approximate surface area is 181 Å². The van der Waals surface area contributed by atoms with Crippen LogP contribution in [0, 0.1) is 0 Å². The molecule has 5 heterocycles. The van der Waals surface area contributed by atoms with Crippen molar-refractivity contribution >= 4 is 5.52 Å². The van der Waals surface area contributed by atoms with Gasteiger partial charge >= 0.3 is 0 Å². The van der Waals surface area contributed by atoms with Crippen LogP contribution in [0.1, 0.15) is 17.3 Å². The Morgan fingerprint density at radius 3 is 2.74 bits per heavy atom. The van der Waals surface area contributed by atoms with Gasteiger partial charge in [0.15, 0.2) is 0 Å². The van der Waals surface area contributed by atoms with Crippen molar-refractivity contribution in [2.75, 3.05) is 33.8 Å². The summed E-state index contributed by atoms with van der Waals surface area (Å²) in [5.41, 5.74) is 5.32. The minimum atomic E-state index is 0.191. The number of piperazine rings is 1. The van der Waals surface area contributed by atoms with E-state index in [0.29, 0.717) is 5.88 Å². The van der Waals surface area contributed by atoms with E-state index in [9.17, 15) is 0 Å². The van der Waals surface area contributed by atoms with Crippen LogP contribution in [-0.2, 0) is 6.54 Å². The molecule has 8 heteroatoms. The Morgan fingerprint density at radius 2 is 1.97 bits per heavy atom. The summed E-state index contributed by atoms with van der Waals surface area (Å²) in [6, 6.07) is 12.4. The summed E-state index contributed by atoms with van der Waals surface area (Å²) >= 11 is 0. The number of fused-ring (bicyclic) bond motifs is 1. The van der Waals surface area contributed by atoms with Gasteiger partial charge < -0.3 is 4.74 Å². The maximum atomic E-state index is 5.15. The standard InChI is InChI=1S/C23H25N7O/c1-28-10-11-29(14-17-4-3-9-24-12-17)16-21(28)23-20-7-5-19(15-30(20)27-26-23)18-6-8-22(31-2)25-13-18/h3-9,12-13,15,21H,10-11,14,16H2,1-2H3/t21-/m0/s1. The molecule has 1 aliphatic rings. The molecule has 8 nitrogen and oxygen atoms in total. The van der Waals surface area contributed by atoms with E-state index in [1.54, 1.807) is 7.11 Å². The first-order valence-corrected chi connectivity index (χ1v) is 10.4. The Kier molecular flexibility index (Phi) is 5.31. The summed E-state index contributed by atoms with van der Waals surface area (Å²) in [7, 11) is 3.78. The van der Waals surface area contributed by atoms with E-state index in [2.05, 4.69) is 55.3 Å². The van der Waals surface area contributed by atoms with Crippen LogP contribution in [-0.4, -0.2) is 68.4 Å². The molecule has 0 radical (unpaired) electrons. The van der Waals surface area contributed by atoms with Gasteiger partial charge in [-0.15, -0.1) is 5.10 Å². The van der Waals surface area contributed by atoms with Crippen molar-refractivity contribution in [3.05, 3.63) is 72.4 Å². The van der Waals surface area contributed by atoms with Gasteiger partial charge in [0.05, 0.1) is 18.7 Å². The van der Waals surface area contributed by atoms with Crippen molar-refractivity contribution in [1.82, 2.24) is 34.6 Å². The van der Waals surface area contributed by atoms with E-state index in [0.717, 1.165) is 48.5 Å². The van der Waals surface area contributed by atoms with Gasteiger partial charge in [-0.05, 0) is 30.8 Å². The highest BCUT2D eigenvalue weighted by Crippen LogP contribution is 2.28. The second kappa shape index (κ2) is 8.41. The van der Waals surface area contributed by atoms with E-state index in [-0.39, 0.29) is 6.04 Å². The van der Waals surface area contributed by atoms with Crippen LogP contribution in [0.25, 0.3) is 16.6 Å². The zero-order chi connectivity index (χ0) is 21.2. The number of likely N-dealkylation sites (N-methyl/N-ethyl adjacent to an activating group) is 1. The van der Waals surface area contributed by atoms with E-state index in [4.69, 9.17) is 4.74 Å². The van der Waals surface area contributed by atoms with Gasteiger partial charge in [0.1, 0.15) is 5.69 Å². The number of aromatic nitrogens is 5. The van der Waals surface area contributed by atoms with Gasteiger partial charge in [0.25, 0.3) is 0 Å². The molecule has 4 aromatic heterocycles. The number of ether oxygens (including phenoxy) is 1. The molecule has 1 aliphatic heterocycles. The number of hydrogen-bond acceptors (Lipinski definition) is 7. The monoisotopic (exact) mass is 415 g/mol. The summed E-state index contributed by atoms with van der Waals surface area (Å²) in [6.45, 7) is 3.81. The fourth-order valence-electron chi connectivity index (χ4n) is 4.11. The molecule has 0 spiro atoms. The molecule has 1 atom stereocenters. The summed E-state index contributed by atoms with van der Waals surface area (Å²) in [6.07, 6.45) is 7.57. The zero-order valence-electron chi connectivity index (χ0n) is 17.7. The van der Waals surface area contributed by atoms with Crippen molar-refractivity contribution in [2.45, 2.75) is 12.6 Å². The highest BCUT2D eigenvalue weighted by atomic mass is 16.5. The quantitative estimate of drug-likeness (QED) is 0.496. The maximum Gasteiger partial charge on any atom is 0.212 e. The van der Waals surface area contributed by atoms with E-state index < -0.39 is 0 Å². The van der Waals surface area contributed by atoms with Gasteiger partial charge in [0, 0.05) is 68.2 Å². The first-order chi connectivity index (χ1) is 15.2. The van der Waals surface area contributed by atoms with Crippen molar-refractivity contribution < 1.29 is 4.74 Å².